The van der Waals surface area contributed by atoms with Crippen LogP contribution in [0, 0.1) is 5.92 Å². The zero-order valence-corrected chi connectivity index (χ0v) is 21.0. The largest absolute Gasteiger partial charge is 0.357 e. The summed E-state index contributed by atoms with van der Waals surface area (Å²) >= 11 is 0. The lowest BCUT2D eigenvalue weighted by Crippen LogP contribution is -2.48. The number of rotatable bonds is 5. The average Bonchev–Trinajstić information content (AvgIpc) is 2.60. The fraction of sp³-hybridized carbons (Fsp3) is 0.667. The zero-order chi connectivity index (χ0) is 20.1. The van der Waals surface area contributed by atoms with Crippen molar-refractivity contribution >= 4 is 39.8 Å². The number of likely N-dealkylation sites (tertiary alicyclic amines) is 1. The van der Waals surface area contributed by atoms with Crippen LogP contribution in [0.1, 0.15) is 52.5 Å². The normalized spacial score (nSPS) is 21.2. The Hall–Kier alpha value is -0.830. The molecule has 0 aromatic heterocycles. The van der Waals surface area contributed by atoms with Gasteiger partial charge >= 0.3 is 0 Å². The number of nitrogens with one attached hydrogen (secondary N) is 1. The number of hydrogen-bond acceptors (Lipinski definition) is 3. The summed E-state index contributed by atoms with van der Waals surface area (Å²) in [5, 5.41) is 3.33. The van der Waals surface area contributed by atoms with Gasteiger partial charge in [-0.2, -0.15) is 0 Å². The van der Waals surface area contributed by atoms with Gasteiger partial charge in [0.25, 0.3) is 0 Å². The molecule has 1 fully saturated rings. The summed E-state index contributed by atoms with van der Waals surface area (Å²) < 4.78 is 23.9. The molecule has 0 radical (unpaired) electrons. The molecule has 0 saturated carbocycles. The monoisotopic (exact) mass is 521 g/mol. The number of aliphatic imine (C=N–C) groups is 1. The highest BCUT2D eigenvalue weighted by Gasteiger charge is 2.30. The third-order valence-corrected chi connectivity index (χ3v) is 7.91. The van der Waals surface area contributed by atoms with E-state index in [1.165, 1.54) is 5.56 Å². The lowest BCUT2D eigenvalue weighted by molar-refractivity contribution is 0.234. The number of piperidine rings is 1. The molecule has 0 spiro atoms. The molecular weight excluding hydrogens is 485 g/mol. The topological polar surface area (TPSA) is 61.8 Å². The number of nitrogens with zero attached hydrogens (tertiary/aromatic N) is 2. The van der Waals surface area contributed by atoms with Gasteiger partial charge in [0.15, 0.2) is 15.8 Å². The summed E-state index contributed by atoms with van der Waals surface area (Å²) in [6.45, 7) is 12.5. The van der Waals surface area contributed by atoms with Crippen molar-refractivity contribution in [1.29, 1.82) is 0 Å². The molecule has 1 aliphatic heterocycles. The van der Waals surface area contributed by atoms with Gasteiger partial charge in [-0.05, 0) is 51.5 Å². The number of hydrogen-bond donors (Lipinski definition) is 1. The van der Waals surface area contributed by atoms with Gasteiger partial charge in [0.05, 0.1) is 17.0 Å². The first kappa shape index (κ1) is 25.2. The SMILES string of the molecule is CCNC(=NCCS(=O)(=O)C(C)(C)C)N1CCC(c2ccccc2)C(C)C1.I. The van der Waals surface area contributed by atoms with Gasteiger partial charge in [0, 0.05) is 19.6 Å². The van der Waals surface area contributed by atoms with Gasteiger partial charge in [-0.1, -0.05) is 37.3 Å². The van der Waals surface area contributed by atoms with Gasteiger partial charge in [-0.15, -0.1) is 24.0 Å². The third kappa shape index (κ3) is 6.61. The van der Waals surface area contributed by atoms with Crippen LogP contribution in [0.25, 0.3) is 0 Å². The molecule has 1 saturated heterocycles. The van der Waals surface area contributed by atoms with Crippen LogP contribution in [-0.2, 0) is 9.84 Å². The molecule has 1 N–H and O–H groups in total. The summed E-state index contributed by atoms with van der Waals surface area (Å²) in [6.07, 6.45) is 1.08. The molecule has 0 aliphatic carbocycles. The molecule has 2 unspecified atom stereocenters. The molecule has 2 rings (SSSR count). The van der Waals surface area contributed by atoms with Crippen LogP contribution in [0.3, 0.4) is 0 Å². The van der Waals surface area contributed by atoms with E-state index in [-0.39, 0.29) is 29.7 Å². The number of halogens is 1. The Morgan fingerprint density at radius 1 is 1.25 bits per heavy atom. The molecule has 0 bridgehead atoms. The predicted octanol–water partition coefficient (Wildman–Crippen LogP) is 3.91. The fourth-order valence-electron chi connectivity index (χ4n) is 3.54. The fourth-order valence-corrected chi connectivity index (χ4v) is 4.48. The van der Waals surface area contributed by atoms with E-state index in [1.807, 2.05) is 6.92 Å². The van der Waals surface area contributed by atoms with E-state index in [0.29, 0.717) is 18.4 Å². The van der Waals surface area contributed by atoms with Gasteiger partial charge < -0.3 is 10.2 Å². The smallest absolute Gasteiger partial charge is 0.193 e. The first-order valence-electron chi connectivity index (χ1n) is 9.96. The highest BCUT2D eigenvalue weighted by Crippen LogP contribution is 2.32. The van der Waals surface area contributed by atoms with Crippen LogP contribution in [0.5, 0.6) is 0 Å². The molecule has 1 aromatic rings. The average molecular weight is 522 g/mol. The summed E-state index contributed by atoms with van der Waals surface area (Å²) in [5.41, 5.74) is 1.41. The van der Waals surface area contributed by atoms with Crippen molar-refractivity contribution in [3.63, 3.8) is 0 Å². The molecule has 0 amide bonds. The van der Waals surface area contributed by atoms with Crippen LogP contribution < -0.4 is 5.32 Å². The predicted molar refractivity (Wildman–Crippen MR) is 129 cm³/mol. The van der Waals surface area contributed by atoms with Crippen molar-refractivity contribution in [3.8, 4) is 0 Å². The van der Waals surface area contributed by atoms with E-state index in [2.05, 4.69) is 52.5 Å². The van der Waals surface area contributed by atoms with Crippen LogP contribution in [-0.4, -0.2) is 56.0 Å². The highest BCUT2D eigenvalue weighted by atomic mass is 127. The maximum absolute atomic E-state index is 12.3. The van der Waals surface area contributed by atoms with Gasteiger partial charge in [-0.3, -0.25) is 4.99 Å². The van der Waals surface area contributed by atoms with E-state index in [1.54, 1.807) is 20.8 Å². The van der Waals surface area contributed by atoms with Gasteiger partial charge in [0.1, 0.15) is 0 Å². The van der Waals surface area contributed by atoms with E-state index in [9.17, 15) is 8.42 Å². The van der Waals surface area contributed by atoms with Gasteiger partial charge in [0.2, 0.25) is 0 Å². The Labute approximate surface area is 188 Å². The Balaban J connectivity index is 0.00000392. The highest BCUT2D eigenvalue weighted by molar-refractivity contribution is 14.0. The Morgan fingerprint density at radius 2 is 1.89 bits per heavy atom. The number of sulfone groups is 1. The van der Waals surface area contributed by atoms with Gasteiger partial charge in [-0.25, -0.2) is 8.42 Å². The maximum Gasteiger partial charge on any atom is 0.193 e. The van der Waals surface area contributed by atoms with Crippen molar-refractivity contribution in [2.45, 2.75) is 51.7 Å². The molecule has 1 aliphatic rings. The molecule has 1 aromatic carbocycles. The van der Waals surface area contributed by atoms with Crippen molar-refractivity contribution in [1.82, 2.24) is 10.2 Å². The second-order valence-corrected chi connectivity index (χ2v) is 11.3. The lowest BCUT2D eigenvalue weighted by Gasteiger charge is -2.39. The zero-order valence-electron chi connectivity index (χ0n) is 17.8. The van der Waals surface area contributed by atoms with Crippen molar-refractivity contribution < 1.29 is 8.42 Å². The Kier molecular flexibility index (Phi) is 9.73. The summed E-state index contributed by atoms with van der Waals surface area (Å²) in [6, 6.07) is 10.7. The molecule has 2 atom stereocenters. The van der Waals surface area contributed by atoms with E-state index < -0.39 is 14.6 Å². The first-order valence-corrected chi connectivity index (χ1v) is 11.6. The van der Waals surface area contributed by atoms with E-state index >= 15 is 0 Å². The van der Waals surface area contributed by atoms with Crippen LogP contribution in [0.15, 0.2) is 35.3 Å². The minimum absolute atomic E-state index is 0. The Morgan fingerprint density at radius 3 is 2.43 bits per heavy atom. The summed E-state index contributed by atoms with van der Waals surface area (Å²) in [4.78, 5) is 6.90. The van der Waals surface area contributed by atoms with Crippen molar-refractivity contribution in [2.75, 3.05) is 31.9 Å². The second-order valence-electron chi connectivity index (χ2n) is 8.40. The summed E-state index contributed by atoms with van der Waals surface area (Å²) in [7, 11) is -3.15. The van der Waals surface area contributed by atoms with Crippen molar-refractivity contribution in [3.05, 3.63) is 35.9 Å². The lowest BCUT2D eigenvalue weighted by atomic mass is 9.82. The molecule has 7 heteroatoms. The van der Waals surface area contributed by atoms with Crippen LogP contribution in [0.2, 0.25) is 0 Å². The number of guanidine groups is 1. The van der Waals surface area contributed by atoms with E-state index in [4.69, 9.17) is 0 Å². The molecule has 28 heavy (non-hydrogen) atoms. The standard InChI is InChI=1S/C21H35N3O2S.HI/c1-6-22-20(23-13-15-27(25,26)21(3,4)5)24-14-12-19(17(2)16-24)18-10-8-7-9-11-18;/h7-11,17,19H,6,12-16H2,1-5H3,(H,22,23);1H. The Bertz CT molecular complexity index is 730. The summed E-state index contributed by atoms with van der Waals surface area (Å²) in [5.74, 6) is 2.00. The van der Waals surface area contributed by atoms with Crippen LogP contribution in [0.4, 0.5) is 0 Å². The van der Waals surface area contributed by atoms with Crippen LogP contribution >= 0.6 is 24.0 Å². The minimum atomic E-state index is -3.15. The number of benzene rings is 1. The van der Waals surface area contributed by atoms with E-state index in [0.717, 1.165) is 32.0 Å². The second kappa shape index (κ2) is 10.8. The molecule has 5 nitrogen and oxygen atoms in total. The minimum Gasteiger partial charge on any atom is -0.357 e. The maximum atomic E-state index is 12.3. The quantitative estimate of drug-likeness (QED) is 0.363. The third-order valence-electron chi connectivity index (χ3n) is 5.32. The molecule has 1 heterocycles. The first-order chi connectivity index (χ1) is 12.7. The molecular formula is C21H36IN3O2S. The van der Waals surface area contributed by atoms with Crippen molar-refractivity contribution in [2.24, 2.45) is 10.9 Å². The molecule has 160 valence electrons.